The lowest BCUT2D eigenvalue weighted by atomic mass is 10.0. The molecule has 1 atom stereocenters. The zero-order valence-corrected chi connectivity index (χ0v) is 36.6. The molecule has 0 rings (SSSR count). The number of carbonyl (C=O) groups is 2. The largest absolute Gasteiger partial charge is 0.462 e. The Bertz CT molecular complexity index is 1020. The molecule has 0 aromatic rings. The third-order valence-electron chi connectivity index (χ3n) is 10.0. The lowest BCUT2D eigenvalue weighted by Gasteiger charge is -2.15. The molecule has 5 nitrogen and oxygen atoms in total. The Balaban J connectivity index is 3.60. The average molecular weight is 781 g/mol. The van der Waals surface area contributed by atoms with Crippen LogP contribution in [0.2, 0.25) is 0 Å². The van der Waals surface area contributed by atoms with E-state index in [-0.39, 0.29) is 25.2 Å². The van der Waals surface area contributed by atoms with Crippen LogP contribution < -0.4 is 0 Å². The molecular weight excluding hydrogens is 693 g/mol. The zero-order valence-electron chi connectivity index (χ0n) is 36.6. The highest BCUT2D eigenvalue weighted by molar-refractivity contribution is 5.70. The van der Waals surface area contributed by atoms with Gasteiger partial charge in [-0.25, -0.2) is 0 Å². The van der Waals surface area contributed by atoms with Gasteiger partial charge in [-0.15, -0.1) is 0 Å². The molecule has 0 spiro atoms. The van der Waals surface area contributed by atoms with E-state index in [1.165, 1.54) is 116 Å². The number of rotatable bonds is 42. The number of hydrogen-bond donors (Lipinski definition) is 1. The third-order valence-corrected chi connectivity index (χ3v) is 10.0. The van der Waals surface area contributed by atoms with Crippen molar-refractivity contribution in [3.8, 4) is 0 Å². The van der Waals surface area contributed by atoms with E-state index in [4.69, 9.17) is 9.47 Å². The van der Waals surface area contributed by atoms with Gasteiger partial charge in [0.1, 0.15) is 6.61 Å². The first-order chi connectivity index (χ1) is 27.6. The molecule has 0 aromatic heterocycles. The fourth-order valence-corrected chi connectivity index (χ4v) is 6.50. The van der Waals surface area contributed by atoms with Crippen LogP contribution in [0.3, 0.4) is 0 Å². The summed E-state index contributed by atoms with van der Waals surface area (Å²) < 4.78 is 10.6. The summed E-state index contributed by atoms with van der Waals surface area (Å²) in [5.41, 5.74) is 0. The third kappa shape index (κ3) is 44.1. The minimum atomic E-state index is -0.797. The van der Waals surface area contributed by atoms with Gasteiger partial charge in [-0.3, -0.25) is 9.59 Å². The lowest BCUT2D eigenvalue weighted by molar-refractivity contribution is -0.161. The molecular formula is C51H88O5. The highest BCUT2D eigenvalue weighted by atomic mass is 16.6. The van der Waals surface area contributed by atoms with Crippen LogP contribution in [0.5, 0.6) is 0 Å². The first-order valence-electron chi connectivity index (χ1n) is 23.5. The molecule has 0 amide bonds. The zero-order chi connectivity index (χ0) is 40.7. The maximum Gasteiger partial charge on any atom is 0.306 e. The van der Waals surface area contributed by atoms with Crippen molar-refractivity contribution in [1.82, 2.24) is 0 Å². The summed E-state index contributed by atoms with van der Waals surface area (Å²) in [4.78, 5) is 24.4. The van der Waals surface area contributed by atoms with Gasteiger partial charge in [0.05, 0.1) is 6.61 Å². The van der Waals surface area contributed by atoms with Crippen molar-refractivity contribution in [1.29, 1.82) is 0 Å². The predicted molar refractivity (Wildman–Crippen MR) is 242 cm³/mol. The number of unbranched alkanes of at least 4 members (excludes halogenated alkanes) is 22. The Hall–Kier alpha value is -2.66. The van der Waals surface area contributed by atoms with Gasteiger partial charge in [-0.1, -0.05) is 215 Å². The minimum Gasteiger partial charge on any atom is -0.462 e. The Morgan fingerprint density at radius 3 is 1.16 bits per heavy atom. The molecule has 0 saturated heterocycles. The van der Waals surface area contributed by atoms with Crippen molar-refractivity contribution in [2.24, 2.45) is 0 Å². The number of esters is 2. The van der Waals surface area contributed by atoms with E-state index in [1.54, 1.807) is 0 Å². The van der Waals surface area contributed by atoms with Crippen molar-refractivity contribution in [3.05, 3.63) is 72.9 Å². The van der Waals surface area contributed by atoms with Crippen LogP contribution in [-0.4, -0.2) is 36.4 Å². The Kier molecular flexibility index (Phi) is 44.5. The second kappa shape index (κ2) is 46.7. The highest BCUT2D eigenvalue weighted by Crippen LogP contribution is 2.15. The molecule has 0 fully saturated rings. The van der Waals surface area contributed by atoms with Crippen LogP contribution >= 0.6 is 0 Å². The van der Waals surface area contributed by atoms with Crippen LogP contribution in [0.1, 0.15) is 219 Å². The van der Waals surface area contributed by atoms with Crippen molar-refractivity contribution < 1.29 is 24.2 Å². The first kappa shape index (κ1) is 53.3. The molecule has 56 heavy (non-hydrogen) atoms. The second-order valence-corrected chi connectivity index (χ2v) is 15.5. The van der Waals surface area contributed by atoms with Crippen molar-refractivity contribution >= 4 is 11.9 Å². The van der Waals surface area contributed by atoms with Gasteiger partial charge >= 0.3 is 11.9 Å². The first-order valence-corrected chi connectivity index (χ1v) is 23.5. The minimum absolute atomic E-state index is 0.0845. The summed E-state index contributed by atoms with van der Waals surface area (Å²) in [6.45, 7) is 4.00. The quantitative estimate of drug-likeness (QED) is 0.0379. The summed E-state index contributed by atoms with van der Waals surface area (Å²) in [6.07, 6.45) is 62.7. The second-order valence-electron chi connectivity index (χ2n) is 15.5. The fraction of sp³-hybridized carbons (Fsp3) is 0.725. The van der Waals surface area contributed by atoms with Crippen LogP contribution in [0, 0.1) is 0 Å². The molecule has 0 saturated carbocycles. The molecule has 0 bridgehead atoms. The van der Waals surface area contributed by atoms with E-state index >= 15 is 0 Å². The number of carbonyl (C=O) groups excluding carboxylic acids is 2. The van der Waals surface area contributed by atoms with Gasteiger partial charge in [-0.05, 0) is 64.2 Å². The maximum atomic E-state index is 12.2. The average Bonchev–Trinajstić information content (AvgIpc) is 3.20. The summed E-state index contributed by atoms with van der Waals surface area (Å²) >= 11 is 0. The van der Waals surface area contributed by atoms with Gasteiger partial charge < -0.3 is 14.6 Å². The monoisotopic (exact) mass is 781 g/mol. The number of hydrogen-bond acceptors (Lipinski definition) is 5. The van der Waals surface area contributed by atoms with E-state index in [2.05, 4.69) is 86.8 Å². The Morgan fingerprint density at radius 2 is 0.768 bits per heavy atom. The molecule has 0 aliphatic carbocycles. The van der Waals surface area contributed by atoms with E-state index in [1.807, 2.05) is 0 Å². The normalized spacial score (nSPS) is 12.8. The van der Waals surface area contributed by atoms with Crippen LogP contribution in [0.25, 0.3) is 0 Å². The summed E-state index contributed by atoms with van der Waals surface area (Å²) in [6, 6.07) is 0. The number of aliphatic hydroxyl groups is 1. The summed E-state index contributed by atoms with van der Waals surface area (Å²) in [5.74, 6) is -0.638. The van der Waals surface area contributed by atoms with Crippen molar-refractivity contribution in [2.45, 2.75) is 225 Å². The Morgan fingerprint density at radius 1 is 0.429 bits per heavy atom. The SMILES string of the molecule is CC/C=C\C/C=C\C/C=C\C/C=C\C/C=C\C/C=C\CCCCC(=O)OC(CO)COC(=O)CCCCCCCCCCCCCCCCCCCCCCC. The van der Waals surface area contributed by atoms with Crippen LogP contribution in [0.4, 0.5) is 0 Å². The molecule has 1 N–H and O–H groups in total. The summed E-state index contributed by atoms with van der Waals surface area (Å²) in [5, 5.41) is 9.60. The van der Waals surface area contributed by atoms with Gasteiger partial charge in [0.15, 0.2) is 6.10 Å². The van der Waals surface area contributed by atoms with E-state index in [0.29, 0.717) is 12.8 Å². The number of aliphatic hydroxyl groups excluding tert-OH is 1. The van der Waals surface area contributed by atoms with Gasteiger partial charge in [0, 0.05) is 12.8 Å². The van der Waals surface area contributed by atoms with Gasteiger partial charge in [0.2, 0.25) is 0 Å². The summed E-state index contributed by atoms with van der Waals surface area (Å²) in [7, 11) is 0. The molecule has 1 unspecified atom stereocenters. The van der Waals surface area contributed by atoms with E-state index in [9.17, 15) is 14.7 Å². The number of ether oxygens (including phenoxy) is 2. The molecule has 0 heterocycles. The topological polar surface area (TPSA) is 72.8 Å². The highest BCUT2D eigenvalue weighted by Gasteiger charge is 2.16. The fourth-order valence-electron chi connectivity index (χ4n) is 6.50. The lowest BCUT2D eigenvalue weighted by Crippen LogP contribution is -2.28. The van der Waals surface area contributed by atoms with E-state index in [0.717, 1.165) is 77.0 Å². The molecule has 0 aliphatic rings. The molecule has 0 aliphatic heterocycles. The van der Waals surface area contributed by atoms with Crippen molar-refractivity contribution in [2.75, 3.05) is 13.2 Å². The smallest absolute Gasteiger partial charge is 0.306 e. The van der Waals surface area contributed by atoms with E-state index < -0.39 is 6.10 Å². The maximum absolute atomic E-state index is 12.2. The van der Waals surface area contributed by atoms with Crippen LogP contribution in [-0.2, 0) is 19.1 Å². The molecule has 0 radical (unpaired) electrons. The van der Waals surface area contributed by atoms with Crippen LogP contribution in [0.15, 0.2) is 72.9 Å². The molecule has 0 aromatic carbocycles. The predicted octanol–water partition coefficient (Wildman–Crippen LogP) is 15.3. The number of allylic oxidation sites excluding steroid dienone is 12. The standard InChI is InChI=1S/C51H88O5/c1-3-5-7-9-11-13-15-17-19-21-23-25-27-29-31-33-35-37-39-41-43-45-50(53)55-48-49(47-52)56-51(54)46-44-42-40-38-36-34-32-30-28-26-24-22-20-18-16-14-12-10-8-6-4-2/h6,8,12,14,18,20,24,26,30,32,36,38,49,52H,3-5,7,9-11,13,15-17,19,21-23,25,27-29,31,33-35,37,39-48H2,1-2H3/b8-6-,14-12-,20-18-,26-24-,32-30-,38-36-. The van der Waals surface area contributed by atoms with Gasteiger partial charge in [0.25, 0.3) is 0 Å². The van der Waals surface area contributed by atoms with Gasteiger partial charge in [-0.2, -0.15) is 0 Å². The molecule has 5 heteroatoms. The Labute approximate surface area is 346 Å². The molecule has 322 valence electrons. The van der Waals surface area contributed by atoms with Crippen molar-refractivity contribution in [3.63, 3.8) is 0 Å².